The van der Waals surface area contributed by atoms with Gasteiger partial charge in [0.25, 0.3) is 0 Å². The molecule has 0 amide bonds. The van der Waals surface area contributed by atoms with Crippen LogP contribution >= 0.6 is 0 Å². The van der Waals surface area contributed by atoms with Crippen molar-refractivity contribution >= 4 is 11.9 Å². The predicted molar refractivity (Wildman–Crippen MR) is 49.9 cm³/mol. The van der Waals surface area contributed by atoms with E-state index in [0.29, 0.717) is 0 Å². The van der Waals surface area contributed by atoms with Crippen LogP contribution in [0.5, 0.6) is 0 Å². The van der Waals surface area contributed by atoms with E-state index in [9.17, 15) is 9.59 Å². The first-order chi connectivity index (χ1) is 6.61. The molecule has 0 unspecified atom stereocenters. The minimum Gasteiger partial charge on any atom is -0.481 e. The maximum absolute atomic E-state index is 10.8. The molecule has 1 fully saturated rings. The second kappa shape index (κ2) is 4.79. The van der Waals surface area contributed by atoms with Gasteiger partial charge in [-0.05, 0) is 18.8 Å². The van der Waals surface area contributed by atoms with Crippen LogP contribution in [0.1, 0.15) is 32.1 Å². The average molecular weight is 198 g/mol. The first-order valence-electron chi connectivity index (χ1n) is 4.76. The van der Waals surface area contributed by atoms with Crippen LogP contribution in [0.25, 0.3) is 0 Å². The number of rotatable bonds is 4. The van der Waals surface area contributed by atoms with Crippen molar-refractivity contribution in [1.82, 2.24) is 0 Å². The molecule has 0 radical (unpaired) electrons. The van der Waals surface area contributed by atoms with Crippen molar-refractivity contribution in [1.29, 1.82) is 0 Å². The Hall–Kier alpha value is -1.32. The van der Waals surface area contributed by atoms with Crippen molar-refractivity contribution in [3.8, 4) is 0 Å². The van der Waals surface area contributed by atoms with Gasteiger partial charge in [-0.2, -0.15) is 0 Å². The zero-order chi connectivity index (χ0) is 10.6. The molecule has 4 nitrogen and oxygen atoms in total. The summed E-state index contributed by atoms with van der Waals surface area (Å²) < 4.78 is 0. The number of aliphatic carboxylic acids is 2. The second-order valence-corrected chi connectivity index (χ2v) is 3.54. The summed E-state index contributed by atoms with van der Waals surface area (Å²) in [6.07, 6.45) is 4.97. The van der Waals surface area contributed by atoms with Gasteiger partial charge in [-0.3, -0.25) is 4.79 Å². The van der Waals surface area contributed by atoms with E-state index >= 15 is 0 Å². The molecule has 1 aliphatic carbocycles. The largest absolute Gasteiger partial charge is 0.481 e. The molecule has 0 heterocycles. The normalized spacial score (nSPS) is 18.4. The molecular weight excluding hydrogens is 184 g/mol. The molecule has 0 aliphatic heterocycles. The smallest absolute Gasteiger partial charge is 0.331 e. The number of carboxylic acids is 2. The Morgan fingerprint density at radius 2 is 1.79 bits per heavy atom. The van der Waals surface area contributed by atoms with E-state index in [1.165, 1.54) is 6.08 Å². The molecule has 0 saturated heterocycles. The SMILES string of the molecule is O=C(O)C/C=C(/C(=O)O)C1CCCC1. The molecule has 14 heavy (non-hydrogen) atoms. The van der Waals surface area contributed by atoms with Crippen LogP contribution in [0.4, 0.5) is 0 Å². The summed E-state index contributed by atoms with van der Waals surface area (Å²) in [4.78, 5) is 21.1. The summed E-state index contributed by atoms with van der Waals surface area (Å²) >= 11 is 0. The van der Waals surface area contributed by atoms with Crippen molar-refractivity contribution in [2.45, 2.75) is 32.1 Å². The highest BCUT2D eigenvalue weighted by atomic mass is 16.4. The summed E-state index contributed by atoms with van der Waals surface area (Å²) in [5, 5.41) is 17.3. The van der Waals surface area contributed by atoms with E-state index in [1.807, 2.05) is 0 Å². The van der Waals surface area contributed by atoms with E-state index in [-0.39, 0.29) is 17.9 Å². The zero-order valence-corrected chi connectivity index (χ0v) is 7.90. The minimum absolute atomic E-state index is 0.0619. The standard InChI is InChI=1S/C10H14O4/c11-9(12)6-5-8(10(13)14)7-3-1-2-4-7/h5,7H,1-4,6H2,(H,11,12)(H,13,14)/b8-5+. The fourth-order valence-corrected chi connectivity index (χ4v) is 1.86. The third kappa shape index (κ3) is 2.87. The number of carbonyl (C=O) groups is 2. The van der Waals surface area contributed by atoms with Crippen LogP contribution in [0.2, 0.25) is 0 Å². The van der Waals surface area contributed by atoms with Crippen LogP contribution in [0.15, 0.2) is 11.6 Å². The predicted octanol–water partition coefficient (Wildman–Crippen LogP) is 1.66. The fourth-order valence-electron chi connectivity index (χ4n) is 1.86. The quantitative estimate of drug-likeness (QED) is 0.674. The average Bonchev–Trinajstić information content (AvgIpc) is 2.56. The molecule has 0 spiro atoms. The van der Waals surface area contributed by atoms with E-state index in [2.05, 4.69) is 0 Å². The summed E-state index contributed by atoms with van der Waals surface area (Å²) in [6.45, 7) is 0. The number of carboxylic acid groups (broad SMARTS) is 2. The lowest BCUT2D eigenvalue weighted by molar-refractivity contribution is -0.136. The Labute approximate surface area is 82.2 Å². The van der Waals surface area contributed by atoms with Crippen molar-refractivity contribution in [2.24, 2.45) is 5.92 Å². The van der Waals surface area contributed by atoms with E-state index in [1.54, 1.807) is 0 Å². The Balaban J connectivity index is 2.67. The molecule has 2 N–H and O–H groups in total. The maximum Gasteiger partial charge on any atom is 0.331 e. The first kappa shape index (κ1) is 10.8. The summed E-state index contributed by atoms with van der Waals surface area (Å²) in [5.74, 6) is -1.90. The maximum atomic E-state index is 10.8. The minimum atomic E-state index is -0.984. The molecule has 0 aromatic heterocycles. The lowest BCUT2D eigenvalue weighted by Crippen LogP contribution is -2.10. The molecule has 0 aromatic carbocycles. The van der Waals surface area contributed by atoms with Gasteiger partial charge >= 0.3 is 11.9 Å². The second-order valence-electron chi connectivity index (χ2n) is 3.54. The fraction of sp³-hybridized carbons (Fsp3) is 0.600. The number of hydrogen-bond acceptors (Lipinski definition) is 2. The molecule has 1 saturated carbocycles. The van der Waals surface area contributed by atoms with Gasteiger partial charge in [-0.1, -0.05) is 18.9 Å². The van der Waals surface area contributed by atoms with Gasteiger partial charge < -0.3 is 10.2 Å². The Morgan fingerprint density at radius 3 is 2.21 bits per heavy atom. The van der Waals surface area contributed by atoms with Crippen molar-refractivity contribution in [3.05, 3.63) is 11.6 Å². The van der Waals surface area contributed by atoms with Crippen LogP contribution in [-0.2, 0) is 9.59 Å². The Morgan fingerprint density at radius 1 is 1.21 bits per heavy atom. The molecule has 0 bridgehead atoms. The molecular formula is C10H14O4. The monoisotopic (exact) mass is 198 g/mol. The van der Waals surface area contributed by atoms with Crippen LogP contribution < -0.4 is 0 Å². The third-order valence-corrected chi connectivity index (χ3v) is 2.54. The third-order valence-electron chi connectivity index (χ3n) is 2.54. The number of hydrogen-bond donors (Lipinski definition) is 2. The van der Waals surface area contributed by atoms with Gasteiger partial charge in [-0.15, -0.1) is 0 Å². The van der Waals surface area contributed by atoms with E-state index < -0.39 is 11.9 Å². The van der Waals surface area contributed by atoms with Crippen LogP contribution in [0, 0.1) is 5.92 Å². The first-order valence-corrected chi connectivity index (χ1v) is 4.76. The highest BCUT2D eigenvalue weighted by Crippen LogP contribution is 2.31. The summed E-state index contributed by atoms with van der Waals surface area (Å²) in [7, 11) is 0. The van der Waals surface area contributed by atoms with Gasteiger partial charge in [0.2, 0.25) is 0 Å². The molecule has 1 rings (SSSR count). The van der Waals surface area contributed by atoms with Gasteiger partial charge in [0, 0.05) is 5.57 Å². The molecule has 78 valence electrons. The Bertz CT molecular complexity index is 261. The molecule has 0 atom stereocenters. The highest BCUT2D eigenvalue weighted by Gasteiger charge is 2.23. The molecule has 0 aromatic rings. The summed E-state index contributed by atoms with van der Waals surface area (Å²) in [5.41, 5.74) is 0.282. The van der Waals surface area contributed by atoms with Crippen molar-refractivity contribution < 1.29 is 19.8 Å². The van der Waals surface area contributed by atoms with Gasteiger partial charge in [-0.25, -0.2) is 4.79 Å². The zero-order valence-electron chi connectivity index (χ0n) is 7.90. The topological polar surface area (TPSA) is 74.6 Å². The summed E-state index contributed by atoms with van der Waals surface area (Å²) in [6, 6.07) is 0. The van der Waals surface area contributed by atoms with Crippen molar-refractivity contribution in [2.75, 3.05) is 0 Å². The van der Waals surface area contributed by atoms with Gasteiger partial charge in [0.05, 0.1) is 6.42 Å². The van der Waals surface area contributed by atoms with Crippen LogP contribution in [-0.4, -0.2) is 22.2 Å². The molecule has 4 heteroatoms. The van der Waals surface area contributed by atoms with E-state index in [0.717, 1.165) is 25.7 Å². The highest BCUT2D eigenvalue weighted by molar-refractivity contribution is 5.88. The van der Waals surface area contributed by atoms with Crippen LogP contribution in [0.3, 0.4) is 0 Å². The lowest BCUT2D eigenvalue weighted by atomic mass is 9.96. The van der Waals surface area contributed by atoms with E-state index in [4.69, 9.17) is 10.2 Å². The van der Waals surface area contributed by atoms with Crippen molar-refractivity contribution in [3.63, 3.8) is 0 Å². The Kier molecular flexibility index (Phi) is 3.68. The van der Waals surface area contributed by atoms with Gasteiger partial charge in [0.15, 0.2) is 0 Å². The van der Waals surface area contributed by atoms with Gasteiger partial charge in [0.1, 0.15) is 0 Å². The lowest BCUT2D eigenvalue weighted by Gasteiger charge is -2.09. The molecule has 1 aliphatic rings.